The average molecular weight is 310 g/mol. The first kappa shape index (κ1) is 15.6. The molecule has 0 spiro atoms. The maximum atomic E-state index is 12.6. The lowest BCUT2D eigenvalue weighted by Crippen LogP contribution is -2.38. The first-order chi connectivity index (χ1) is 11.3. The van der Waals surface area contributed by atoms with Gasteiger partial charge in [0, 0.05) is 18.2 Å². The van der Waals surface area contributed by atoms with Crippen LogP contribution in [0.1, 0.15) is 30.0 Å². The molecule has 2 aromatic carbocycles. The van der Waals surface area contributed by atoms with E-state index in [2.05, 4.69) is 10.6 Å². The van der Waals surface area contributed by atoms with Gasteiger partial charge in [0.1, 0.15) is 11.8 Å². The first-order valence-electron chi connectivity index (χ1n) is 7.98. The highest BCUT2D eigenvalue weighted by molar-refractivity contribution is 5.83. The van der Waals surface area contributed by atoms with Crippen molar-refractivity contribution in [1.82, 2.24) is 10.6 Å². The van der Waals surface area contributed by atoms with E-state index in [1.54, 1.807) is 7.11 Å². The molecule has 0 aromatic heterocycles. The van der Waals surface area contributed by atoms with Crippen LogP contribution in [-0.4, -0.2) is 19.1 Å². The Balaban J connectivity index is 1.74. The lowest BCUT2D eigenvalue weighted by molar-refractivity contribution is -0.123. The number of rotatable bonds is 7. The number of hydrogen-bond donors (Lipinski definition) is 2. The minimum atomic E-state index is -0.360. The zero-order chi connectivity index (χ0) is 16.1. The molecule has 4 nitrogen and oxygen atoms in total. The Hall–Kier alpha value is -2.33. The van der Waals surface area contributed by atoms with Gasteiger partial charge in [-0.25, -0.2) is 0 Å². The molecule has 0 unspecified atom stereocenters. The highest BCUT2D eigenvalue weighted by Crippen LogP contribution is 2.22. The summed E-state index contributed by atoms with van der Waals surface area (Å²) in [5.74, 6) is 0.864. The quantitative estimate of drug-likeness (QED) is 0.827. The molecule has 2 aromatic rings. The monoisotopic (exact) mass is 310 g/mol. The fraction of sp³-hybridized carbons (Fsp3) is 0.316. The molecule has 0 aliphatic heterocycles. The third kappa shape index (κ3) is 4.11. The summed E-state index contributed by atoms with van der Waals surface area (Å²) in [5, 5.41) is 6.45. The number of ether oxygens (including phenoxy) is 1. The third-order valence-corrected chi connectivity index (χ3v) is 4.01. The average Bonchev–Trinajstić information content (AvgIpc) is 3.40. The molecule has 3 rings (SSSR count). The van der Waals surface area contributed by atoms with Crippen LogP contribution in [0.5, 0.6) is 5.75 Å². The molecule has 0 radical (unpaired) electrons. The van der Waals surface area contributed by atoms with Crippen LogP contribution in [0, 0.1) is 0 Å². The van der Waals surface area contributed by atoms with Crippen LogP contribution in [-0.2, 0) is 11.3 Å². The van der Waals surface area contributed by atoms with Crippen molar-refractivity contribution in [3.63, 3.8) is 0 Å². The van der Waals surface area contributed by atoms with E-state index >= 15 is 0 Å². The highest BCUT2D eigenvalue weighted by Gasteiger charge is 2.28. The van der Waals surface area contributed by atoms with Crippen molar-refractivity contribution in [2.45, 2.75) is 31.5 Å². The second kappa shape index (κ2) is 7.29. The number of carbonyl (C=O) groups excluding carboxylic acids is 1. The van der Waals surface area contributed by atoms with Crippen LogP contribution < -0.4 is 15.4 Å². The summed E-state index contributed by atoms with van der Waals surface area (Å²) in [7, 11) is 1.66. The Morgan fingerprint density at radius 1 is 1.13 bits per heavy atom. The van der Waals surface area contributed by atoms with Crippen LogP contribution >= 0.6 is 0 Å². The Labute approximate surface area is 136 Å². The zero-order valence-electron chi connectivity index (χ0n) is 13.3. The van der Waals surface area contributed by atoms with Crippen molar-refractivity contribution in [1.29, 1.82) is 0 Å². The van der Waals surface area contributed by atoms with Gasteiger partial charge in [-0.1, -0.05) is 48.5 Å². The molecule has 2 N–H and O–H groups in total. The maximum Gasteiger partial charge on any atom is 0.241 e. The summed E-state index contributed by atoms with van der Waals surface area (Å²) < 4.78 is 5.38. The lowest BCUT2D eigenvalue weighted by Gasteiger charge is -2.19. The Morgan fingerprint density at radius 2 is 1.83 bits per heavy atom. The van der Waals surface area contributed by atoms with Crippen molar-refractivity contribution in [2.24, 2.45) is 0 Å². The predicted molar refractivity (Wildman–Crippen MR) is 90.2 cm³/mol. The molecule has 1 fully saturated rings. The van der Waals surface area contributed by atoms with Gasteiger partial charge in [-0.3, -0.25) is 10.1 Å². The van der Waals surface area contributed by atoms with Crippen LogP contribution in [0.15, 0.2) is 54.6 Å². The molecule has 23 heavy (non-hydrogen) atoms. The minimum absolute atomic E-state index is 0.0357. The van der Waals surface area contributed by atoms with Gasteiger partial charge in [0.05, 0.1) is 7.11 Å². The van der Waals surface area contributed by atoms with E-state index in [4.69, 9.17) is 4.74 Å². The Bertz CT molecular complexity index is 653. The van der Waals surface area contributed by atoms with Crippen LogP contribution in [0.2, 0.25) is 0 Å². The van der Waals surface area contributed by atoms with Crippen molar-refractivity contribution in [2.75, 3.05) is 7.11 Å². The second-order valence-electron chi connectivity index (χ2n) is 5.82. The van der Waals surface area contributed by atoms with E-state index in [0.717, 1.165) is 29.7 Å². The van der Waals surface area contributed by atoms with Crippen molar-refractivity contribution in [3.05, 3.63) is 65.7 Å². The van der Waals surface area contributed by atoms with Crippen LogP contribution in [0.3, 0.4) is 0 Å². The van der Waals surface area contributed by atoms with E-state index in [9.17, 15) is 4.79 Å². The van der Waals surface area contributed by atoms with Gasteiger partial charge in [-0.2, -0.15) is 0 Å². The van der Waals surface area contributed by atoms with Gasteiger partial charge in [0.25, 0.3) is 0 Å². The van der Waals surface area contributed by atoms with E-state index < -0.39 is 0 Å². The molecule has 4 heteroatoms. The normalized spacial score (nSPS) is 15.0. The van der Waals surface area contributed by atoms with E-state index in [-0.39, 0.29) is 11.9 Å². The standard InChI is InChI=1S/C19H22N2O2/c1-23-17-10-6-5-9-15(17)13-20-18(14-7-3-2-4-8-14)19(22)21-16-11-12-16/h2-10,16,18,20H,11-13H2,1H3,(H,21,22)/t18-/m1/s1. The number of carbonyl (C=O) groups is 1. The molecule has 1 atom stereocenters. The second-order valence-corrected chi connectivity index (χ2v) is 5.82. The maximum absolute atomic E-state index is 12.6. The largest absolute Gasteiger partial charge is 0.496 e. The van der Waals surface area contributed by atoms with Gasteiger partial charge < -0.3 is 10.1 Å². The predicted octanol–water partition coefficient (Wildman–Crippen LogP) is 2.80. The topological polar surface area (TPSA) is 50.4 Å². The van der Waals surface area contributed by atoms with Crippen LogP contribution in [0.25, 0.3) is 0 Å². The molecule has 0 heterocycles. The minimum Gasteiger partial charge on any atom is -0.496 e. The van der Waals surface area contributed by atoms with Crippen molar-refractivity contribution >= 4 is 5.91 Å². The fourth-order valence-corrected chi connectivity index (χ4v) is 2.58. The van der Waals surface area contributed by atoms with Crippen molar-refractivity contribution in [3.8, 4) is 5.75 Å². The smallest absolute Gasteiger partial charge is 0.241 e. The number of benzene rings is 2. The summed E-state index contributed by atoms with van der Waals surface area (Å²) in [4.78, 5) is 12.6. The van der Waals surface area contributed by atoms with Gasteiger partial charge in [0.2, 0.25) is 5.91 Å². The van der Waals surface area contributed by atoms with E-state index in [0.29, 0.717) is 12.6 Å². The van der Waals surface area contributed by atoms with E-state index in [1.807, 2.05) is 54.6 Å². The summed E-state index contributed by atoms with van der Waals surface area (Å²) in [6.07, 6.45) is 2.17. The highest BCUT2D eigenvalue weighted by atomic mass is 16.5. The van der Waals surface area contributed by atoms with Gasteiger partial charge >= 0.3 is 0 Å². The molecule has 1 aliphatic rings. The SMILES string of the molecule is COc1ccccc1CN[C@@H](C(=O)NC1CC1)c1ccccc1. The summed E-state index contributed by atoms with van der Waals surface area (Å²) in [6.45, 7) is 0.571. The molecule has 0 bridgehead atoms. The first-order valence-corrected chi connectivity index (χ1v) is 7.98. The summed E-state index contributed by atoms with van der Waals surface area (Å²) in [5.41, 5.74) is 2.01. The van der Waals surface area contributed by atoms with Crippen LogP contribution in [0.4, 0.5) is 0 Å². The zero-order valence-corrected chi connectivity index (χ0v) is 13.3. The van der Waals surface area contributed by atoms with E-state index in [1.165, 1.54) is 0 Å². The van der Waals surface area contributed by atoms with Gasteiger partial charge in [-0.05, 0) is 24.5 Å². The third-order valence-electron chi connectivity index (χ3n) is 4.01. The van der Waals surface area contributed by atoms with Gasteiger partial charge in [-0.15, -0.1) is 0 Å². The number of para-hydroxylation sites is 1. The Morgan fingerprint density at radius 3 is 2.52 bits per heavy atom. The molecule has 1 aliphatic carbocycles. The molecular formula is C19H22N2O2. The number of hydrogen-bond acceptors (Lipinski definition) is 3. The number of amides is 1. The molecule has 0 saturated heterocycles. The number of nitrogens with one attached hydrogen (secondary N) is 2. The van der Waals surface area contributed by atoms with Gasteiger partial charge in [0.15, 0.2) is 0 Å². The summed E-state index contributed by atoms with van der Waals surface area (Å²) in [6, 6.07) is 17.7. The fourth-order valence-electron chi connectivity index (χ4n) is 2.58. The Kier molecular flexibility index (Phi) is 4.93. The molecular weight excluding hydrogens is 288 g/mol. The summed E-state index contributed by atoms with van der Waals surface area (Å²) >= 11 is 0. The number of methoxy groups -OCH3 is 1. The van der Waals surface area contributed by atoms with Crippen molar-refractivity contribution < 1.29 is 9.53 Å². The molecule has 1 saturated carbocycles. The molecule has 1 amide bonds. The lowest BCUT2D eigenvalue weighted by atomic mass is 10.1. The molecule has 120 valence electrons.